The maximum Gasteiger partial charge on any atom is 0.262 e. The number of benzene rings is 1. The van der Waals surface area contributed by atoms with Gasteiger partial charge in [0.15, 0.2) is 0 Å². The molecule has 3 rings (SSSR count). The predicted octanol–water partition coefficient (Wildman–Crippen LogP) is 3.18. The molecule has 1 amide bonds. The fraction of sp³-hybridized carbons (Fsp3) is 0.316. The molecule has 2 N–H and O–H groups in total. The predicted molar refractivity (Wildman–Crippen MR) is 102 cm³/mol. The lowest BCUT2D eigenvalue weighted by molar-refractivity contribution is -0.118. The minimum atomic E-state index is -0.422. The molecule has 0 saturated carbocycles. The summed E-state index contributed by atoms with van der Waals surface area (Å²) in [6, 6.07) is 6.21. The molecule has 0 spiro atoms. The molecule has 25 heavy (non-hydrogen) atoms. The number of rotatable bonds is 5. The van der Waals surface area contributed by atoms with Crippen molar-refractivity contribution < 1.29 is 4.79 Å². The number of amides is 1. The van der Waals surface area contributed by atoms with E-state index in [0.717, 1.165) is 21.5 Å². The molecule has 0 unspecified atom stereocenters. The maximum absolute atomic E-state index is 13.1. The van der Waals surface area contributed by atoms with Crippen molar-refractivity contribution in [3.63, 3.8) is 0 Å². The molecule has 0 aliphatic heterocycles. The smallest absolute Gasteiger partial charge is 0.262 e. The Kier molecular flexibility index (Phi) is 4.72. The Bertz CT molecular complexity index is 1020. The number of hydrogen-bond acceptors (Lipinski definition) is 4. The number of aromatic nitrogens is 2. The van der Waals surface area contributed by atoms with Gasteiger partial charge in [0, 0.05) is 30.3 Å². The molecule has 130 valence electrons. The second-order valence-electron chi connectivity index (χ2n) is 6.20. The number of fused-ring (bicyclic) bond motifs is 1. The number of primary amides is 1. The number of nitrogens with two attached hydrogens (primary N) is 1. The van der Waals surface area contributed by atoms with Crippen molar-refractivity contribution in [2.24, 2.45) is 5.73 Å². The molecule has 5 nitrogen and oxygen atoms in total. The summed E-state index contributed by atoms with van der Waals surface area (Å²) in [7, 11) is 0. The van der Waals surface area contributed by atoms with Crippen LogP contribution in [-0.4, -0.2) is 15.5 Å². The van der Waals surface area contributed by atoms with Gasteiger partial charge in [-0.25, -0.2) is 4.98 Å². The minimum Gasteiger partial charge on any atom is -0.370 e. The second kappa shape index (κ2) is 6.80. The van der Waals surface area contributed by atoms with Crippen molar-refractivity contribution in [2.45, 2.75) is 40.2 Å². The summed E-state index contributed by atoms with van der Waals surface area (Å²) in [5.74, 6) is 0.266. The molecule has 0 aliphatic carbocycles. The summed E-state index contributed by atoms with van der Waals surface area (Å²) < 4.78 is 1.59. The van der Waals surface area contributed by atoms with E-state index in [1.807, 2.05) is 31.4 Å². The van der Waals surface area contributed by atoms with E-state index in [0.29, 0.717) is 17.6 Å². The van der Waals surface area contributed by atoms with Crippen LogP contribution in [0.25, 0.3) is 21.3 Å². The third kappa shape index (κ3) is 3.22. The highest BCUT2D eigenvalue weighted by molar-refractivity contribution is 7.17. The Balaban J connectivity index is 2.24. The quantitative estimate of drug-likeness (QED) is 0.763. The first-order chi connectivity index (χ1) is 11.9. The molecular weight excluding hydrogens is 334 g/mol. The molecule has 0 fully saturated rings. The van der Waals surface area contributed by atoms with Gasteiger partial charge in [-0.1, -0.05) is 30.7 Å². The molecule has 3 aromatic rings. The summed E-state index contributed by atoms with van der Waals surface area (Å²) in [6.07, 6.45) is 0.754. The van der Waals surface area contributed by atoms with Gasteiger partial charge in [-0.3, -0.25) is 14.2 Å². The summed E-state index contributed by atoms with van der Waals surface area (Å²) >= 11 is 1.48. The SMILES string of the molecule is CCc1nc2scc(-c3ccc(C)cc3C)c2c(=O)n1CCC(N)=O. The summed E-state index contributed by atoms with van der Waals surface area (Å²) in [5, 5.41) is 2.62. The highest BCUT2D eigenvalue weighted by Gasteiger charge is 2.17. The molecule has 1 aromatic carbocycles. The van der Waals surface area contributed by atoms with Gasteiger partial charge in [-0.2, -0.15) is 0 Å². The van der Waals surface area contributed by atoms with Crippen LogP contribution in [0.1, 0.15) is 30.3 Å². The number of carbonyl (C=O) groups is 1. The average molecular weight is 355 g/mol. The standard InChI is InChI=1S/C19H21N3O2S/c1-4-16-21-18-17(19(24)22(16)8-7-15(20)23)14(10-25-18)13-6-5-11(2)9-12(13)3/h5-6,9-10H,4,7-8H2,1-3H3,(H2,20,23). The van der Waals surface area contributed by atoms with Gasteiger partial charge < -0.3 is 5.73 Å². The van der Waals surface area contributed by atoms with E-state index in [2.05, 4.69) is 18.0 Å². The van der Waals surface area contributed by atoms with Crippen molar-refractivity contribution in [3.05, 3.63) is 50.9 Å². The van der Waals surface area contributed by atoms with E-state index >= 15 is 0 Å². The van der Waals surface area contributed by atoms with E-state index in [9.17, 15) is 9.59 Å². The molecule has 2 heterocycles. The molecule has 0 bridgehead atoms. The Labute approximate surface area is 150 Å². The topological polar surface area (TPSA) is 78.0 Å². The second-order valence-corrected chi connectivity index (χ2v) is 7.06. The van der Waals surface area contributed by atoms with Crippen molar-refractivity contribution in [1.82, 2.24) is 9.55 Å². The summed E-state index contributed by atoms with van der Waals surface area (Å²) in [6.45, 7) is 6.31. The van der Waals surface area contributed by atoms with Crippen LogP contribution in [0.3, 0.4) is 0 Å². The monoisotopic (exact) mass is 355 g/mol. The number of carbonyl (C=O) groups excluding carboxylic acids is 1. The largest absolute Gasteiger partial charge is 0.370 e. The van der Waals surface area contributed by atoms with Crippen LogP contribution in [0.2, 0.25) is 0 Å². The number of aryl methyl sites for hydroxylation is 3. The molecule has 0 aliphatic rings. The van der Waals surface area contributed by atoms with Gasteiger partial charge in [0.2, 0.25) is 5.91 Å². The first-order valence-electron chi connectivity index (χ1n) is 8.29. The lowest BCUT2D eigenvalue weighted by atomic mass is 9.99. The molecule has 0 saturated heterocycles. The van der Waals surface area contributed by atoms with Gasteiger partial charge in [0.1, 0.15) is 10.7 Å². The third-order valence-corrected chi connectivity index (χ3v) is 5.22. The molecule has 0 atom stereocenters. The van der Waals surface area contributed by atoms with E-state index in [1.54, 1.807) is 4.57 Å². The molecule has 2 aromatic heterocycles. The van der Waals surface area contributed by atoms with Crippen LogP contribution in [0.4, 0.5) is 0 Å². The summed E-state index contributed by atoms with van der Waals surface area (Å²) in [5.41, 5.74) is 9.42. The Hall–Kier alpha value is -2.47. The van der Waals surface area contributed by atoms with Crippen LogP contribution in [0.5, 0.6) is 0 Å². The zero-order chi connectivity index (χ0) is 18.1. The van der Waals surface area contributed by atoms with Crippen molar-refractivity contribution in [2.75, 3.05) is 0 Å². The first kappa shape index (κ1) is 17.4. The van der Waals surface area contributed by atoms with Gasteiger partial charge in [0.05, 0.1) is 5.39 Å². The fourth-order valence-corrected chi connectivity index (χ4v) is 4.05. The van der Waals surface area contributed by atoms with Crippen LogP contribution >= 0.6 is 11.3 Å². The Morgan fingerprint density at radius 2 is 2.04 bits per heavy atom. The molecule has 6 heteroatoms. The van der Waals surface area contributed by atoms with Crippen molar-refractivity contribution >= 4 is 27.5 Å². The Morgan fingerprint density at radius 3 is 2.68 bits per heavy atom. The van der Waals surface area contributed by atoms with E-state index < -0.39 is 5.91 Å². The van der Waals surface area contributed by atoms with Gasteiger partial charge in [-0.15, -0.1) is 11.3 Å². The number of hydrogen-bond donors (Lipinski definition) is 1. The van der Waals surface area contributed by atoms with Gasteiger partial charge >= 0.3 is 0 Å². The summed E-state index contributed by atoms with van der Waals surface area (Å²) in [4.78, 5) is 29.7. The number of thiophene rings is 1. The van der Waals surface area contributed by atoms with Crippen molar-refractivity contribution in [3.8, 4) is 11.1 Å². The van der Waals surface area contributed by atoms with Crippen LogP contribution < -0.4 is 11.3 Å². The van der Waals surface area contributed by atoms with Crippen LogP contribution in [-0.2, 0) is 17.8 Å². The van der Waals surface area contributed by atoms with E-state index in [-0.39, 0.29) is 18.5 Å². The maximum atomic E-state index is 13.1. The minimum absolute atomic E-state index is 0.0978. The highest BCUT2D eigenvalue weighted by Crippen LogP contribution is 2.33. The van der Waals surface area contributed by atoms with Crippen molar-refractivity contribution in [1.29, 1.82) is 0 Å². The molecule has 0 radical (unpaired) electrons. The third-order valence-electron chi connectivity index (χ3n) is 4.34. The van der Waals surface area contributed by atoms with E-state index in [1.165, 1.54) is 16.9 Å². The fourth-order valence-electron chi connectivity index (χ4n) is 3.10. The first-order valence-corrected chi connectivity index (χ1v) is 9.17. The zero-order valence-corrected chi connectivity index (χ0v) is 15.4. The van der Waals surface area contributed by atoms with E-state index in [4.69, 9.17) is 5.73 Å². The lowest BCUT2D eigenvalue weighted by Crippen LogP contribution is -2.27. The molecular formula is C19H21N3O2S. The lowest BCUT2D eigenvalue weighted by Gasteiger charge is -2.11. The van der Waals surface area contributed by atoms with Crippen LogP contribution in [0, 0.1) is 13.8 Å². The normalized spacial score (nSPS) is 11.2. The Morgan fingerprint density at radius 1 is 1.28 bits per heavy atom. The average Bonchev–Trinajstić information content (AvgIpc) is 2.97. The van der Waals surface area contributed by atoms with Crippen LogP contribution in [0.15, 0.2) is 28.4 Å². The number of nitrogens with zero attached hydrogens (tertiary/aromatic N) is 2. The highest BCUT2D eigenvalue weighted by atomic mass is 32.1. The van der Waals surface area contributed by atoms with Gasteiger partial charge in [-0.05, 0) is 25.0 Å². The van der Waals surface area contributed by atoms with Gasteiger partial charge in [0.25, 0.3) is 5.56 Å². The zero-order valence-electron chi connectivity index (χ0n) is 14.6.